The van der Waals surface area contributed by atoms with E-state index in [9.17, 15) is 0 Å². The van der Waals surface area contributed by atoms with E-state index in [2.05, 4.69) is 20.6 Å². The van der Waals surface area contributed by atoms with Crippen LogP contribution in [-0.4, -0.2) is 15.2 Å². The van der Waals surface area contributed by atoms with Gasteiger partial charge in [0.05, 0.1) is 11.4 Å². The maximum atomic E-state index is 5.30. The molecule has 0 amide bonds. The Balaban J connectivity index is 1.98. The average Bonchev–Trinajstić information content (AvgIpc) is 2.79. The lowest BCUT2D eigenvalue weighted by atomic mass is 10.3. The van der Waals surface area contributed by atoms with E-state index in [1.165, 1.54) is 11.3 Å². The lowest BCUT2D eigenvalue weighted by Gasteiger charge is -2.01. The van der Waals surface area contributed by atoms with Gasteiger partial charge >= 0.3 is 0 Å². The van der Waals surface area contributed by atoms with Gasteiger partial charge in [0.2, 0.25) is 0 Å². The molecule has 2 heterocycles. The largest absolute Gasteiger partial charge is 0.324 e. The molecule has 15 heavy (non-hydrogen) atoms. The molecular formula is C8H9N5S2. The number of nitrogens with one attached hydrogen (secondary N) is 1. The highest BCUT2D eigenvalue weighted by atomic mass is 32.2. The number of anilines is 1. The molecule has 0 aromatic carbocycles. The second-order valence-corrected chi connectivity index (χ2v) is 4.73. The minimum absolute atomic E-state index is 0.769. The summed E-state index contributed by atoms with van der Waals surface area (Å²) in [6.45, 7) is 0. The van der Waals surface area contributed by atoms with Gasteiger partial charge in [0.1, 0.15) is 5.51 Å². The summed E-state index contributed by atoms with van der Waals surface area (Å²) in [5.74, 6) is 6.07. The standard InChI is InChI=1S/C8H9N5S2/c9-12-6-1-2-10-7(3-6)4-14-8-13-11-5-15-8/h1-3,5H,4,9H2,(H,10,12). The first-order chi connectivity index (χ1) is 7.38. The van der Waals surface area contributed by atoms with E-state index >= 15 is 0 Å². The van der Waals surface area contributed by atoms with Crippen molar-refractivity contribution in [2.75, 3.05) is 5.43 Å². The fourth-order valence-electron chi connectivity index (χ4n) is 1.01. The number of nitrogen functional groups attached to an aromatic ring is 1. The number of hydrazine groups is 1. The molecule has 0 saturated heterocycles. The Morgan fingerprint density at radius 3 is 3.20 bits per heavy atom. The second-order valence-electron chi connectivity index (χ2n) is 2.67. The lowest BCUT2D eigenvalue weighted by Crippen LogP contribution is -2.07. The van der Waals surface area contributed by atoms with Crippen molar-refractivity contribution in [1.82, 2.24) is 15.2 Å². The third kappa shape index (κ3) is 2.88. The molecule has 0 atom stereocenters. The molecule has 0 aliphatic heterocycles. The summed E-state index contributed by atoms with van der Waals surface area (Å²) in [6.07, 6.45) is 1.73. The Kier molecular flexibility index (Phi) is 3.49. The van der Waals surface area contributed by atoms with Crippen molar-refractivity contribution in [3.63, 3.8) is 0 Å². The van der Waals surface area contributed by atoms with Gasteiger partial charge in [0.15, 0.2) is 4.34 Å². The van der Waals surface area contributed by atoms with Crippen LogP contribution < -0.4 is 11.3 Å². The van der Waals surface area contributed by atoms with Crippen molar-refractivity contribution in [3.05, 3.63) is 29.5 Å². The van der Waals surface area contributed by atoms with Gasteiger partial charge in [-0.3, -0.25) is 10.8 Å². The molecule has 7 heteroatoms. The van der Waals surface area contributed by atoms with Crippen LogP contribution in [0.5, 0.6) is 0 Å². The molecule has 3 N–H and O–H groups in total. The molecule has 0 saturated carbocycles. The van der Waals surface area contributed by atoms with Crippen molar-refractivity contribution in [2.45, 2.75) is 10.1 Å². The predicted molar refractivity (Wildman–Crippen MR) is 61.5 cm³/mol. The van der Waals surface area contributed by atoms with Gasteiger partial charge in [-0.05, 0) is 12.1 Å². The predicted octanol–water partition coefficient (Wildman–Crippen LogP) is 1.51. The van der Waals surface area contributed by atoms with Gasteiger partial charge in [-0.15, -0.1) is 10.2 Å². The monoisotopic (exact) mass is 239 g/mol. The minimum Gasteiger partial charge on any atom is -0.324 e. The number of nitrogens with zero attached hydrogens (tertiary/aromatic N) is 3. The number of nitrogens with two attached hydrogens (primary N) is 1. The molecule has 0 bridgehead atoms. The normalized spacial score (nSPS) is 10.2. The molecule has 0 radical (unpaired) electrons. The zero-order valence-electron chi connectivity index (χ0n) is 7.75. The highest BCUT2D eigenvalue weighted by Crippen LogP contribution is 2.23. The maximum Gasteiger partial charge on any atom is 0.174 e. The van der Waals surface area contributed by atoms with Crippen molar-refractivity contribution in [3.8, 4) is 0 Å². The van der Waals surface area contributed by atoms with Crippen LogP contribution in [0.15, 0.2) is 28.2 Å². The van der Waals surface area contributed by atoms with E-state index in [1.807, 2.05) is 12.1 Å². The molecule has 0 spiro atoms. The molecular weight excluding hydrogens is 230 g/mol. The topological polar surface area (TPSA) is 76.7 Å². The highest BCUT2D eigenvalue weighted by molar-refractivity contribution is 8.00. The summed E-state index contributed by atoms with van der Waals surface area (Å²) >= 11 is 3.14. The molecule has 78 valence electrons. The fraction of sp³-hybridized carbons (Fsp3) is 0.125. The number of hydrogen-bond donors (Lipinski definition) is 2. The Bertz CT molecular complexity index is 417. The van der Waals surface area contributed by atoms with Gasteiger partial charge in [-0.25, -0.2) is 0 Å². The second kappa shape index (κ2) is 5.06. The van der Waals surface area contributed by atoms with Crippen LogP contribution in [0, 0.1) is 0 Å². The minimum atomic E-state index is 0.769. The molecule has 0 fully saturated rings. The first-order valence-electron chi connectivity index (χ1n) is 4.19. The highest BCUT2D eigenvalue weighted by Gasteiger charge is 2.01. The van der Waals surface area contributed by atoms with Gasteiger partial charge < -0.3 is 5.43 Å². The van der Waals surface area contributed by atoms with E-state index in [4.69, 9.17) is 5.84 Å². The van der Waals surface area contributed by atoms with Crippen LogP contribution in [0.25, 0.3) is 0 Å². The van der Waals surface area contributed by atoms with E-state index < -0.39 is 0 Å². The molecule has 0 unspecified atom stereocenters. The maximum absolute atomic E-state index is 5.30. The van der Waals surface area contributed by atoms with Gasteiger partial charge in [-0.1, -0.05) is 23.1 Å². The van der Waals surface area contributed by atoms with Crippen molar-refractivity contribution >= 4 is 28.8 Å². The summed E-state index contributed by atoms with van der Waals surface area (Å²) < 4.78 is 0.947. The Morgan fingerprint density at radius 1 is 1.53 bits per heavy atom. The Morgan fingerprint density at radius 2 is 2.47 bits per heavy atom. The molecule has 5 nitrogen and oxygen atoms in total. The van der Waals surface area contributed by atoms with Crippen LogP contribution >= 0.6 is 23.1 Å². The first kappa shape index (κ1) is 10.3. The zero-order valence-corrected chi connectivity index (χ0v) is 9.38. The lowest BCUT2D eigenvalue weighted by molar-refractivity contribution is 1.01. The number of thioether (sulfide) groups is 1. The van der Waals surface area contributed by atoms with Crippen molar-refractivity contribution < 1.29 is 0 Å². The van der Waals surface area contributed by atoms with Crippen molar-refractivity contribution in [2.24, 2.45) is 5.84 Å². The fourth-order valence-corrected chi connectivity index (χ4v) is 2.40. The molecule has 0 aliphatic rings. The number of hydrogen-bond acceptors (Lipinski definition) is 7. The van der Waals surface area contributed by atoms with E-state index in [0.29, 0.717) is 0 Å². The molecule has 2 aromatic rings. The van der Waals surface area contributed by atoms with Gasteiger partial charge in [0, 0.05) is 11.9 Å². The van der Waals surface area contributed by atoms with Gasteiger partial charge in [-0.2, -0.15) is 0 Å². The SMILES string of the molecule is NNc1ccnc(CSc2nncs2)c1. The Labute approximate surface area is 95.1 Å². The Hall–Kier alpha value is -1.18. The van der Waals surface area contributed by atoms with Crippen molar-refractivity contribution in [1.29, 1.82) is 0 Å². The van der Waals surface area contributed by atoms with E-state index in [-0.39, 0.29) is 0 Å². The van der Waals surface area contributed by atoms with Crippen LogP contribution in [0.1, 0.15) is 5.69 Å². The van der Waals surface area contributed by atoms with E-state index in [1.54, 1.807) is 23.5 Å². The summed E-state index contributed by atoms with van der Waals surface area (Å²) in [5.41, 5.74) is 6.12. The summed E-state index contributed by atoms with van der Waals surface area (Å²) in [4.78, 5) is 4.23. The van der Waals surface area contributed by atoms with E-state index in [0.717, 1.165) is 21.5 Å². The zero-order chi connectivity index (χ0) is 10.5. The number of rotatable bonds is 4. The van der Waals surface area contributed by atoms with Gasteiger partial charge in [0.25, 0.3) is 0 Å². The van der Waals surface area contributed by atoms with Crippen LogP contribution in [0.4, 0.5) is 5.69 Å². The average molecular weight is 239 g/mol. The summed E-state index contributed by atoms with van der Waals surface area (Å²) in [7, 11) is 0. The van der Waals surface area contributed by atoms with Crippen LogP contribution in [0.3, 0.4) is 0 Å². The summed E-state index contributed by atoms with van der Waals surface area (Å²) in [5, 5.41) is 7.70. The van der Waals surface area contributed by atoms with Crippen LogP contribution in [0.2, 0.25) is 0 Å². The molecule has 2 aromatic heterocycles. The smallest absolute Gasteiger partial charge is 0.174 e. The number of aromatic nitrogens is 3. The first-order valence-corrected chi connectivity index (χ1v) is 6.05. The molecule has 0 aliphatic carbocycles. The third-order valence-electron chi connectivity index (χ3n) is 1.67. The quantitative estimate of drug-likeness (QED) is 0.478. The third-order valence-corrected chi connectivity index (χ3v) is 3.56. The summed E-state index contributed by atoms with van der Waals surface area (Å²) in [6, 6.07) is 3.73. The number of pyridine rings is 1. The van der Waals surface area contributed by atoms with Crippen LogP contribution in [-0.2, 0) is 5.75 Å². The molecule has 2 rings (SSSR count).